The van der Waals surface area contributed by atoms with Crippen molar-refractivity contribution in [2.45, 2.75) is 38.8 Å². The predicted molar refractivity (Wildman–Crippen MR) is 88.9 cm³/mol. The lowest BCUT2D eigenvalue weighted by molar-refractivity contribution is 0.180. The van der Waals surface area contributed by atoms with E-state index >= 15 is 0 Å². The highest BCUT2D eigenvalue weighted by Gasteiger charge is 2.18. The molecule has 2 nitrogen and oxygen atoms in total. The van der Waals surface area contributed by atoms with E-state index in [2.05, 4.69) is 19.1 Å². The molecule has 112 valence electrons. The Morgan fingerprint density at radius 1 is 1.05 bits per heavy atom. The number of hydrogen-bond acceptors (Lipinski definition) is 2. The van der Waals surface area contributed by atoms with Crippen LogP contribution in [0.1, 0.15) is 37.5 Å². The Hall–Kier alpha value is -1.51. The fourth-order valence-electron chi connectivity index (χ4n) is 2.30. The molecule has 2 atom stereocenters. The molecule has 2 aromatic carbocycles. The van der Waals surface area contributed by atoms with Crippen LogP contribution in [-0.4, -0.2) is 6.04 Å². The Bertz CT molecular complexity index is 548. The first-order valence-electron chi connectivity index (χ1n) is 7.36. The van der Waals surface area contributed by atoms with Gasteiger partial charge in [0.05, 0.1) is 0 Å². The molecule has 0 aliphatic carbocycles. The number of halogens is 1. The molecule has 0 saturated heterocycles. The molecule has 2 rings (SSSR count). The summed E-state index contributed by atoms with van der Waals surface area (Å²) in [6.07, 6.45) is 2.06. The van der Waals surface area contributed by atoms with Crippen molar-refractivity contribution in [3.05, 3.63) is 64.7 Å². The molecule has 0 heterocycles. The van der Waals surface area contributed by atoms with Gasteiger partial charge in [-0.1, -0.05) is 49.2 Å². The van der Waals surface area contributed by atoms with E-state index in [4.69, 9.17) is 22.1 Å². The maximum atomic E-state index is 6.07. The molecule has 3 heteroatoms. The van der Waals surface area contributed by atoms with Gasteiger partial charge in [0.15, 0.2) is 0 Å². The van der Waals surface area contributed by atoms with Crippen LogP contribution < -0.4 is 10.5 Å². The van der Waals surface area contributed by atoms with Crippen molar-refractivity contribution in [1.82, 2.24) is 0 Å². The number of nitrogens with two attached hydrogens (primary N) is 1. The first kappa shape index (κ1) is 15.9. The SMILES string of the molecule is CCCc1ccc(OC(c2ccc(Cl)cc2)C(C)N)cc1. The molecule has 2 aromatic rings. The van der Waals surface area contributed by atoms with Gasteiger partial charge in [-0.15, -0.1) is 0 Å². The van der Waals surface area contributed by atoms with Crippen molar-refractivity contribution < 1.29 is 4.74 Å². The van der Waals surface area contributed by atoms with Crippen LogP contribution in [0.4, 0.5) is 0 Å². The quantitative estimate of drug-likeness (QED) is 0.835. The molecule has 0 aliphatic rings. The zero-order chi connectivity index (χ0) is 15.2. The molecule has 0 aliphatic heterocycles. The molecule has 0 amide bonds. The summed E-state index contributed by atoms with van der Waals surface area (Å²) in [5, 5.41) is 0.714. The van der Waals surface area contributed by atoms with Crippen molar-refractivity contribution in [3.63, 3.8) is 0 Å². The summed E-state index contributed by atoms with van der Waals surface area (Å²) in [5.41, 5.74) is 8.44. The van der Waals surface area contributed by atoms with E-state index < -0.39 is 0 Å². The molecule has 0 fully saturated rings. The molecule has 0 bridgehead atoms. The lowest BCUT2D eigenvalue weighted by Crippen LogP contribution is -2.29. The Balaban J connectivity index is 2.14. The van der Waals surface area contributed by atoms with Crippen LogP contribution in [-0.2, 0) is 6.42 Å². The summed E-state index contributed by atoms with van der Waals surface area (Å²) >= 11 is 5.93. The van der Waals surface area contributed by atoms with E-state index in [0.29, 0.717) is 5.02 Å². The summed E-state index contributed by atoms with van der Waals surface area (Å²) < 4.78 is 6.07. The van der Waals surface area contributed by atoms with Gasteiger partial charge in [-0.25, -0.2) is 0 Å². The van der Waals surface area contributed by atoms with Crippen molar-refractivity contribution in [3.8, 4) is 5.75 Å². The Morgan fingerprint density at radius 2 is 1.67 bits per heavy atom. The number of hydrogen-bond donors (Lipinski definition) is 1. The van der Waals surface area contributed by atoms with E-state index in [-0.39, 0.29) is 12.1 Å². The van der Waals surface area contributed by atoms with Crippen molar-refractivity contribution in [2.24, 2.45) is 5.73 Å². The summed E-state index contributed by atoms with van der Waals surface area (Å²) in [6.45, 7) is 4.13. The first-order valence-corrected chi connectivity index (χ1v) is 7.74. The predicted octanol–water partition coefficient (Wildman–Crippen LogP) is 4.76. The van der Waals surface area contributed by atoms with Crippen molar-refractivity contribution >= 4 is 11.6 Å². The second kappa shape index (κ2) is 7.48. The van der Waals surface area contributed by atoms with Gasteiger partial charge in [-0.3, -0.25) is 0 Å². The third-order valence-electron chi connectivity index (χ3n) is 3.40. The molecular weight excluding hydrogens is 282 g/mol. The lowest BCUT2D eigenvalue weighted by atomic mass is 10.0. The van der Waals surface area contributed by atoms with Crippen LogP contribution in [0.2, 0.25) is 5.02 Å². The second-order valence-electron chi connectivity index (χ2n) is 5.34. The van der Waals surface area contributed by atoms with Gasteiger partial charge in [0.25, 0.3) is 0 Å². The zero-order valence-corrected chi connectivity index (χ0v) is 13.3. The molecule has 2 unspecified atom stereocenters. The smallest absolute Gasteiger partial charge is 0.138 e. The Kier molecular flexibility index (Phi) is 5.66. The zero-order valence-electron chi connectivity index (χ0n) is 12.6. The Morgan fingerprint density at radius 3 is 2.19 bits per heavy atom. The van der Waals surface area contributed by atoms with Gasteiger partial charge in [-0.05, 0) is 48.7 Å². The van der Waals surface area contributed by atoms with Crippen molar-refractivity contribution in [1.29, 1.82) is 0 Å². The topological polar surface area (TPSA) is 35.2 Å². The summed E-state index contributed by atoms with van der Waals surface area (Å²) in [5.74, 6) is 0.840. The van der Waals surface area contributed by atoms with Gasteiger partial charge in [-0.2, -0.15) is 0 Å². The third kappa shape index (κ3) is 4.48. The summed E-state index contributed by atoms with van der Waals surface area (Å²) in [7, 11) is 0. The fraction of sp³-hybridized carbons (Fsp3) is 0.333. The number of benzene rings is 2. The van der Waals surface area contributed by atoms with E-state index in [1.807, 2.05) is 43.3 Å². The average molecular weight is 304 g/mol. The lowest BCUT2D eigenvalue weighted by Gasteiger charge is -2.23. The van der Waals surface area contributed by atoms with E-state index in [9.17, 15) is 0 Å². The largest absolute Gasteiger partial charge is 0.484 e. The van der Waals surface area contributed by atoms with Crippen LogP contribution in [0.5, 0.6) is 5.75 Å². The average Bonchev–Trinajstić information content (AvgIpc) is 2.47. The standard InChI is InChI=1S/C18H22ClNO/c1-3-4-14-5-11-17(12-6-14)21-18(13(2)20)15-7-9-16(19)10-8-15/h5-13,18H,3-4,20H2,1-2H3. The van der Waals surface area contributed by atoms with Crippen LogP contribution in [0.25, 0.3) is 0 Å². The number of rotatable bonds is 6. The monoisotopic (exact) mass is 303 g/mol. The van der Waals surface area contributed by atoms with Crippen LogP contribution in [0.15, 0.2) is 48.5 Å². The summed E-state index contributed by atoms with van der Waals surface area (Å²) in [6, 6.07) is 15.8. The van der Waals surface area contributed by atoms with Gasteiger partial charge in [0, 0.05) is 11.1 Å². The number of ether oxygens (including phenoxy) is 1. The molecule has 0 aromatic heterocycles. The highest BCUT2D eigenvalue weighted by Crippen LogP contribution is 2.25. The molecule has 21 heavy (non-hydrogen) atoms. The van der Waals surface area contributed by atoms with Crippen LogP contribution in [0.3, 0.4) is 0 Å². The first-order chi connectivity index (χ1) is 10.1. The van der Waals surface area contributed by atoms with E-state index in [0.717, 1.165) is 24.2 Å². The maximum Gasteiger partial charge on any atom is 0.138 e. The molecule has 2 N–H and O–H groups in total. The van der Waals surface area contributed by atoms with Gasteiger partial charge < -0.3 is 10.5 Å². The number of aryl methyl sites for hydroxylation is 1. The van der Waals surface area contributed by atoms with E-state index in [1.54, 1.807) is 0 Å². The highest BCUT2D eigenvalue weighted by atomic mass is 35.5. The molecule has 0 spiro atoms. The second-order valence-corrected chi connectivity index (χ2v) is 5.78. The third-order valence-corrected chi connectivity index (χ3v) is 3.65. The summed E-state index contributed by atoms with van der Waals surface area (Å²) in [4.78, 5) is 0. The molecular formula is C18H22ClNO. The van der Waals surface area contributed by atoms with Gasteiger partial charge >= 0.3 is 0 Å². The minimum Gasteiger partial charge on any atom is -0.484 e. The highest BCUT2D eigenvalue weighted by molar-refractivity contribution is 6.30. The minimum absolute atomic E-state index is 0.110. The molecule has 0 saturated carbocycles. The van der Waals surface area contributed by atoms with Gasteiger partial charge in [0.2, 0.25) is 0 Å². The Labute approximate surface area is 131 Å². The minimum atomic E-state index is -0.181. The van der Waals surface area contributed by atoms with E-state index in [1.165, 1.54) is 5.56 Å². The molecule has 0 radical (unpaired) electrons. The van der Waals surface area contributed by atoms with Gasteiger partial charge in [0.1, 0.15) is 11.9 Å². The normalized spacial score (nSPS) is 13.7. The van der Waals surface area contributed by atoms with Crippen LogP contribution >= 0.6 is 11.6 Å². The fourth-order valence-corrected chi connectivity index (χ4v) is 2.43. The maximum absolute atomic E-state index is 6.07. The van der Waals surface area contributed by atoms with Crippen molar-refractivity contribution in [2.75, 3.05) is 0 Å². The van der Waals surface area contributed by atoms with Crippen LogP contribution in [0, 0.1) is 0 Å².